The summed E-state index contributed by atoms with van der Waals surface area (Å²) in [5.41, 5.74) is 6.74. The van der Waals surface area contributed by atoms with Gasteiger partial charge in [0.15, 0.2) is 12.4 Å². The van der Waals surface area contributed by atoms with Gasteiger partial charge in [0.1, 0.15) is 5.75 Å². The smallest absolute Gasteiger partial charge is 0.258 e. The Morgan fingerprint density at radius 3 is 2.71 bits per heavy atom. The van der Waals surface area contributed by atoms with Crippen molar-refractivity contribution in [1.29, 1.82) is 0 Å². The van der Waals surface area contributed by atoms with E-state index in [-0.39, 0.29) is 18.3 Å². The zero-order chi connectivity index (χ0) is 15.7. The number of anilines is 1. The molecule has 0 heterocycles. The number of amides is 1. The van der Waals surface area contributed by atoms with Gasteiger partial charge in [-0.1, -0.05) is 6.92 Å². The quantitative estimate of drug-likeness (QED) is 0.408. The Hall–Kier alpha value is -2.08. The zero-order valence-corrected chi connectivity index (χ0v) is 12.5. The van der Waals surface area contributed by atoms with Gasteiger partial charge in [0.2, 0.25) is 0 Å². The summed E-state index contributed by atoms with van der Waals surface area (Å²) in [6, 6.07) is 4.85. The molecule has 0 saturated heterocycles. The summed E-state index contributed by atoms with van der Waals surface area (Å²) in [6.45, 7) is 2.69. The Morgan fingerprint density at radius 1 is 1.33 bits per heavy atom. The molecule has 0 aromatic heterocycles. The van der Waals surface area contributed by atoms with Gasteiger partial charge in [-0.05, 0) is 24.6 Å². The molecule has 1 amide bonds. The number of rotatable bonds is 9. The molecular weight excluding hydrogens is 272 g/mol. The molecule has 0 saturated carbocycles. The van der Waals surface area contributed by atoms with Gasteiger partial charge in [-0.25, -0.2) is 0 Å². The van der Waals surface area contributed by atoms with E-state index in [1.807, 2.05) is 6.92 Å². The van der Waals surface area contributed by atoms with Gasteiger partial charge in [-0.3, -0.25) is 9.59 Å². The summed E-state index contributed by atoms with van der Waals surface area (Å²) in [5.74, 6) is 0.190. The van der Waals surface area contributed by atoms with Gasteiger partial charge in [0.25, 0.3) is 5.91 Å². The molecule has 21 heavy (non-hydrogen) atoms. The molecule has 1 rings (SSSR count). The number of carbonyl (C=O) groups excluding carboxylic acids is 2. The van der Waals surface area contributed by atoms with Crippen molar-refractivity contribution >= 4 is 17.4 Å². The Kier molecular flexibility index (Phi) is 7.25. The molecule has 0 unspecified atom stereocenters. The molecule has 1 aromatic carbocycles. The molecule has 116 valence electrons. The highest BCUT2D eigenvalue weighted by Crippen LogP contribution is 2.23. The molecule has 0 atom stereocenters. The van der Waals surface area contributed by atoms with Crippen LogP contribution in [0.3, 0.4) is 0 Å². The predicted octanol–water partition coefficient (Wildman–Crippen LogP) is 1.39. The highest BCUT2D eigenvalue weighted by atomic mass is 16.5. The number of hydrogen-bond donors (Lipinski definition) is 2. The topological polar surface area (TPSA) is 90.7 Å². The monoisotopic (exact) mass is 294 g/mol. The summed E-state index contributed by atoms with van der Waals surface area (Å²) in [5, 5.41) is 2.64. The van der Waals surface area contributed by atoms with E-state index in [2.05, 4.69) is 5.32 Å². The van der Waals surface area contributed by atoms with E-state index in [1.165, 1.54) is 0 Å². The Morgan fingerprint density at radius 2 is 2.10 bits per heavy atom. The zero-order valence-electron chi connectivity index (χ0n) is 12.5. The number of benzene rings is 1. The largest absolute Gasteiger partial charge is 0.482 e. The Labute approximate surface area is 124 Å². The van der Waals surface area contributed by atoms with Crippen molar-refractivity contribution in [1.82, 2.24) is 5.32 Å². The molecule has 0 aliphatic rings. The minimum Gasteiger partial charge on any atom is -0.482 e. The summed E-state index contributed by atoms with van der Waals surface area (Å²) < 4.78 is 10.2. The van der Waals surface area contributed by atoms with E-state index in [4.69, 9.17) is 15.2 Å². The Bertz CT molecular complexity index is 489. The van der Waals surface area contributed by atoms with Crippen LogP contribution in [0.15, 0.2) is 18.2 Å². The van der Waals surface area contributed by atoms with Crippen LogP contribution in [-0.2, 0) is 9.53 Å². The highest BCUT2D eigenvalue weighted by Gasteiger charge is 2.09. The van der Waals surface area contributed by atoms with E-state index in [9.17, 15) is 9.59 Å². The van der Waals surface area contributed by atoms with Crippen LogP contribution >= 0.6 is 0 Å². The van der Waals surface area contributed by atoms with Crippen molar-refractivity contribution in [3.8, 4) is 5.75 Å². The standard InChI is InChI=1S/C15H22N2O4/c1-3-4-13(18)11-5-6-14(12(16)9-11)21-10-15(19)17-7-8-20-2/h5-6,9H,3-4,7-8,10,16H2,1-2H3,(H,17,19). The minimum atomic E-state index is -0.252. The molecule has 0 radical (unpaired) electrons. The molecule has 6 heteroatoms. The lowest BCUT2D eigenvalue weighted by Gasteiger charge is -2.10. The van der Waals surface area contributed by atoms with Crippen molar-refractivity contribution in [3.63, 3.8) is 0 Å². The van der Waals surface area contributed by atoms with Crippen LogP contribution in [0.25, 0.3) is 0 Å². The second-order valence-corrected chi connectivity index (χ2v) is 4.56. The van der Waals surface area contributed by atoms with E-state index in [0.29, 0.717) is 36.6 Å². The average molecular weight is 294 g/mol. The van der Waals surface area contributed by atoms with Gasteiger partial charge in [-0.15, -0.1) is 0 Å². The number of ether oxygens (including phenoxy) is 2. The minimum absolute atomic E-state index is 0.0491. The number of hydrogen-bond acceptors (Lipinski definition) is 5. The van der Waals surface area contributed by atoms with E-state index in [1.54, 1.807) is 25.3 Å². The van der Waals surface area contributed by atoms with Gasteiger partial charge in [-0.2, -0.15) is 0 Å². The first-order valence-corrected chi connectivity index (χ1v) is 6.89. The summed E-state index contributed by atoms with van der Waals surface area (Å²) in [4.78, 5) is 23.2. The first kappa shape index (κ1) is 17.0. The maximum absolute atomic E-state index is 11.7. The van der Waals surface area contributed by atoms with Gasteiger partial charge in [0, 0.05) is 25.6 Å². The maximum Gasteiger partial charge on any atom is 0.258 e. The molecule has 1 aromatic rings. The van der Waals surface area contributed by atoms with Crippen LogP contribution in [-0.4, -0.2) is 38.6 Å². The number of methoxy groups -OCH3 is 1. The molecule has 0 aliphatic carbocycles. The third-order valence-electron chi connectivity index (χ3n) is 2.80. The molecule has 6 nitrogen and oxygen atoms in total. The second kappa shape index (κ2) is 8.97. The summed E-state index contributed by atoms with van der Waals surface area (Å²) in [6.07, 6.45) is 1.28. The van der Waals surface area contributed by atoms with Gasteiger partial charge < -0.3 is 20.5 Å². The van der Waals surface area contributed by atoms with Crippen molar-refractivity contribution < 1.29 is 19.1 Å². The maximum atomic E-state index is 11.7. The fourth-order valence-electron chi connectivity index (χ4n) is 1.71. The Balaban J connectivity index is 2.53. The van der Waals surface area contributed by atoms with Crippen LogP contribution in [0, 0.1) is 0 Å². The van der Waals surface area contributed by atoms with E-state index >= 15 is 0 Å². The first-order valence-electron chi connectivity index (χ1n) is 6.89. The number of Topliss-reactive ketones (excluding diaryl/α,β-unsaturated/α-hetero) is 1. The number of nitrogens with two attached hydrogens (primary N) is 1. The van der Waals surface area contributed by atoms with Crippen molar-refractivity contribution in [2.45, 2.75) is 19.8 Å². The van der Waals surface area contributed by atoms with Crippen molar-refractivity contribution in [2.75, 3.05) is 32.6 Å². The third kappa shape index (κ3) is 5.83. The number of nitrogens with one attached hydrogen (secondary N) is 1. The number of carbonyl (C=O) groups is 2. The van der Waals surface area contributed by atoms with Crippen LogP contribution in [0.4, 0.5) is 5.69 Å². The van der Waals surface area contributed by atoms with Crippen molar-refractivity contribution in [3.05, 3.63) is 23.8 Å². The molecule has 0 spiro atoms. The fraction of sp³-hybridized carbons (Fsp3) is 0.467. The SMILES string of the molecule is CCCC(=O)c1ccc(OCC(=O)NCCOC)c(N)c1. The van der Waals surface area contributed by atoms with Crippen LogP contribution in [0.2, 0.25) is 0 Å². The lowest BCUT2D eigenvalue weighted by Crippen LogP contribution is -2.31. The second-order valence-electron chi connectivity index (χ2n) is 4.56. The lowest BCUT2D eigenvalue weighted by atomic mass is 10.1. The average Bonchev–Trinajstić information content (AvgIpc) is 2.46. The molecule has 0 aliphatic heterocycles. The van der Waals surface area contributed by atoms with Crippen LogP contribution in [0.1, 0.15) is 30.1 Å². The van der Waals surface area contributed by atoms with Crippen LogP contribution < -0.4 is 15.8 Å². The van der Waals surface area contributed by atoms with E-state index < -0.39 is 0 Å². The molecule has 0 fully saturated rings. The van der Waals surface area contributed by atoms with Crippen molar-refractivity contribution in [2.24, 2.45) is 0 Å². The van der Waals surface area contributed by atoms with Gasteiger partial charge in [0.05, 0.1) is 12.3 Å². The summed E-state index contributed by atoms with van der Waals surface area (Å²) in [7, 11) is 1.56. The molecule has 0 bridgehead atoms. The molecule has 3 N–H and O–H groups in total. The first-order chi connectivity index (χ1) is 10.1. The predicted molar refractivity (Wildman–Crippen MR) is 80.5 cm³/mol. The van der Waals surface area contributed by atoms with E-state index in [0.717, 1.165) is 6.42 Å². The number of ketones is 1. The fourth-order valence-corrected chi connectivity index (χ4v) is 1.71. The molecular formula is C15H22N2O4. The normalized spacial score (nSPS) is 10.2. The van der Waals surface area contributed by atoms with Crippen LogP contribution in [0.5, 0.6) is 5.75 Å². The summed E-state index contributed by atoms with van der Waals surface area (Å²) >= 11 is 0. The highest BCUT2D eigenvalue weighted by molar-refractivity contribution is 5.97. The lowest BCUT2D eigenvalue weighted by molar-refractivity contribution is -0.123. The van der Waals surface area contributed by atoms with Gasteiger partial charge >= 0.3 is 0 Å². The number of nitrogen functional groups attached to an aromatic ring is 1. The third-order valence-corrected chi connectivity index (χ3v) is 2.80.